The number of aryl methyl sites for hydroxylation is 2. The van der Waals surface area contributed by atoms with E-state index in [0.29, 0.717) is 5.56 Å². The Hall–Kier alpha value is -2.34. The van der Waals surface area contributed by atoms with E-state index in [2.05, 4.69) is 5.16 Å². The van der Waals surface area contributed by atoms with Crippen LogP contribution < -0.4 is 0 Å². The smallest absolute Gasteiger partial charge is 0.328 e. The molecule has 1 heterocycles. The molecule has 1 aromatic heterocycles. The van der Waals surface area contributed by atoms with Crippen LogP contribution in [0.15, 0.2) is 45.8 Å². The van der Waals surface area contributed by atoms with Crippen LogP contribution in [0.1, 0.15) is 27.4 Å². The van der Waals surface area contributed by atoms with E-state index >= 15 is 0 Å². The van der Waals surface area contributed by atoms with E-state index in [0.717, 1.165) is 39.8 Å². The van der Waals surface area contributed by atoms with Crippen molar-refractivity contribution in [1.82, 2.24) is 5.16 Å². The summed E-state index contributed by atoms with van der Waals surface area (Å²) < 4.78 is 5.12. The highest BCUT2D eigenvalue weighted by Crippen LogP contribution is 2.26. The van der Waals surface area contributed by atoms with Gasteiger partial charge in [0.25, 0.3) is 0 Å². The van der Waals surface area contributed by atoms with Crippen LogP contribution in [0.5, 0.6) is 0 Å². The van der Waals surface area contributed by atoms with Crippen molar-refractivity contribution in [2.75, 3.05) is 0 Å². The molecule has 0 aliphatic heterocycles. The van der Waals surface area contributed by atoms with E-state index in [-0.39, 0.29) is 5.78 Å². The first-order chi connectivity index (χ1) is 10.5. The van der Waals surface area contributed by atoms with Gasteiger partial charge in [0.1, 0.15) is 5.76 Å². The maximum absolute atomic E-state index is 11.7. The summed E-state index contributed by atoms with van der Waals surface area (Å²) in [5.41, 5.74) is 2.42. The van der Waals surface area contributed by atoms with Gasteiger partial charge in [-0.2, -0.15) is 0 Å². The molecule has 2 rings (SSSR count). The first kappa shape index (κ1) is 16.0. The van der Waals surface area contributed by atoms with Crippen molar-refractivity contribution in [2.45, 2.75) is 24.5 Å². The zero-order valence-electron chi connectivity index (χ0n) is 12.2. The quantitative estimate of drug-likeness (QED) is 0.499. The zero-order valence-corrected chi connectivity index (χ0v) is 13.0. The van der Waals surface area contributed by atoms with E-state index in [1.165, 1.54) is 0 Å². The molecule has 22 heavy (non-hydrogen) atoms. The largest absolute Gasteiger partial charge is 0.478 e. The lowest BCUT2D eigenvalue weighted by Gasteiger charge is -2.02. The number of allylic oxidation sites excluding steroid dienone is 1. The Morgan fingerprint density at radius 3 is 2.45 bits per heavy atom. The van der Waals surface area contributed by atoms with E-state index < -0.39 is 5.97 Å². The highest BCUT2D eigenvalue weighted by Gasteiger charge is 2.09. The lowest BCUT2D eigenvalue weighted by molar-refractivity contribution is -0.131. The van der Waals surface area contributed by atoms with Crippen LogP contribution in [0.4, 0.5) is 0 Å². The van der Waals surface area contributed by atoms with Gasteiger partial charge in [-0.3, -0.25) is 4.79 Å². The molecule has 1 N–H and O–H groups in total. The number of carboxylic acids is 1. The summed E-state index contributed by atoms with van der Waals surface area (Å²) in [4.78, 5) is 23.1. The summed E-state index contributed by atoms with van der Waals surface area (Å²) in [7, 11) is 0. The number of thioether (sulfide) groups is 1. The first-order valence-corrected chi connectivity index (χ1v) is 7.56. The highest BCUT2D eigenvalue weighted by molar-refractivity contribution is 7.98. The van der Waals surface area contributed by atoms with Crippen molar-refractivity contribution in [3.63, 3.8) is 0 Å². The number of benzene rings is 1. The average Bonchev–Trinajstić information content (AvgIpc) is 2.82. The Labute approximate surface area is 132 Å². The van der Waals surface area contributed by atoms with E-state index in [9.17, 15) is 9.59 Å². The minimum absolute atomic E-state index is 0.329. The van der Waals surface area contributed by atoms with E-state index in [1.54, 1.807) is 23.9 Å². The number of nitrogens with zero attached hydrogens (tertiary/aromatic N) is 1. The summed E-state index contributed by atoms with van der Waals surface area (Å²) in [5, 5.41) is 12.4. The summed E-state index contributed by atoms with van der Waals surface area (Å²) in [5.74, 6) is 0.0909. The SMILES string of the molecule is Cc1noc(C)c1CSc1ccc(C(=O)/C=C/C(=O)O)cc1. The number of aliphatic carboxylic acids is 1. The Balaban J connectivity index is 2.00. The average molecular weight is 317 g/mol. The van der Waals surface area contributed by atoms with E-state index in [1.807, 2.05) is 26.0 Å². The molecule has 0 amide bonds. The second-order valence-corrected chi connectivity index (χ2v) is 5.70. The molecule has 5 nitrogen and oxygen atoms in total. The summed E-state index contributed by atoms with van der Waals surface area (Å²) in [6, 6.07) is 7.05. The van der Waals surface area contributed by atoms with Crippen molar-refractivity contribution in [2.24, 2.45) is 0 Å². The molecule has 0 spiro atoms. The van der Waals surface area contributed by atoms with Gasteiger partial charge in [0, 0.05) is 27.9 Å². The number of carboxylic acid groups (broad SMARTS) is 1. The van der Waals surface area contributed by atoms with Gasteiger partial charge in [0.15, 0.2) is 5.78 Å². The second-order valence-electron chi connectivity index (χ2n) is 4.65. The molecule has 0 saturated heterocycles. The molecule has 114 valence electrons. The van der Waals surface area contributed by atoms with Crippen molar-refractivity contribution in [3.05, 3.63) is 59.0 Å². The number of hydrogen-bond donors (Lipinski definition) is 1. The van der Waals surface area contributed by atoms with Gasteiger partial charge in [-0.25, -0.2) is 4.79 Å². The molecule has 2 aromatic rings. The standard InChI is InChI=1S/C16H15NO4S/c1-10-14(11(2)21-17-10)9-22-13-5-3-12(4-6-13)15(18)7-8-16(19)20/h3-8H,9H2,1-2H3,(H,19,20)/b8-7+. The molecular formula is C16H15NO4S. The van der Waals surface area contributed by atoms with Crippen LogP contribution in [-0.2, 0) is 10.5 Å². The minimum Gasteiger partial charge on any atom is -0.478 e. The van der Waals surface area contributed by atoms with Crippen molar-refractivity contribution >= 4 is 23.5 Å². The van der Waals surface area contributed by atoms with Crippen LogP contribution in [0.25, 0.3) is 0 Å². The van der Waals surface area contributed by atoms with Crippen LogP contribution in [-0.4, -0.2) is 22.0 Å². The minimum atomic E-state index is -1.14. The van der Waals surface area contributed by atoms with Crippen LogP contribution in [0, 0.1) is 13.8 Å². The normalized spacial score (nSPS) is 11.0. The van der Waals surface area contributed by atoms with Gasteiger partial charge in [-0.05, 0) is 44.2 Å². The van der Waals surface area contributed by atoms with Gasteiger partial charge in [0.05, 0.1) is 5.69 Å². The summed E-state index contributed by atoms with van der Waals surface area (Å²) in [6.07, 6.45) is 1.89. The third-order valence-electron chi connectivity index (χ3n) is 3.08. The van der Waals surface area contributed by atoms with Crippen molar-refractivity contribution in [3.8, 4) is 0 Å². The molecule has 0 saturated carbocycles. The number of carbonyl (C=O) groups is 2. The van der Waals surface area contributed by atoms with Gasteiger partial charge in [-0.15, -0.1) is 11.8 Å². The Kier molecular flexibility index (Phi) is 5.16. The fourth-order valence-corrected chi connectivity index (χ4v) is 2.87. The maximum atomic E-state index is 11.7. The molecule has 1 aromatic carbocycles. The predicted octanol–water partition coefficient (Wildman–Crippen LogP) is 3.41. The lowest BCUT2D eigenvalue weighted by Crippen LogP contribution is -1.96. The summed E-state index contributed by atoms with van der Waals surface area (Å²) in [6.45, 7) is 3.79. The molecule has 6 heteroatoms. The molecular weight excluding hydrogens is 302 g/mol. The van der Waals surface area contributed by atoms with Gasteiger partial charge < -0.3 is 9.63 Å². The Morgan fingerprint density at radius 1 is 1.23 bits per heavy atom. The Bertz CT molecular complexity index is 697. The number of aromatic nitrogens is 1. The fraction of sp³-hybridized carbons (Fsp3) is 0.188. The third kappa shape index (κ3) is 4.08. The van der Waals surface area contributed by atoms with E-state index in [4.69, 9.17) is 9.63 Å². The fourth-order valence-electron chi connectivity index (χ4n) is 1.82. The zero-order chi connectivity index (χ0) is 16.1. The van der Waals surface area contributed by atoms with Crippen LogP contribution in [0.2, 0.25) is 0 Å². The number of carbonyl (C=O) groups excluding carboxylic acids is 1. The predicted molar refractivity (Wildman–Crippen MR) is 83.1 cm³/mol. The van der Waals surface area contributed by atoms with Crippen molar-refractivity contribution < 1.29 is 19.2 Å². The molecule has 0 bridgehead atoms. The first-order valence-electron chi connectivity index (χ1n) is 6.57. The molecule has 0 radical (unpaired) electrons. The lowest BCUT2D eigenvalue weighted by atomic mass is 10.1. The van der Waals surface area contributed by atoms with Gasteiger partial charge >= 0.3 is 5.97 Å². The van der Waals surface area contributed by atoms with Gasteiger partial charge in [0.2, 0.25) is 0 Å². The number of hydrogen-bond acceptors (Lipinski definition) is 5. The highest BCUT2D eigenvalue weighted by atomic mass is 32.2. The summed E-state index contributed by atoms with van der Waals surface area (Å²) >= 11 is 1.62. The number of rotatable bonds is 6. The Morgan fingerprint density at radius 2 is 1.91 bits per heavy atom. The monoisotopic (exact) mass is 317 g/mol. The second kappa shape index (κ2) is 7.09. The van der Waals surface area contributed by atoms with Crippen molar-refractivity contribution in [1.29, 1.82) is 0 Å². The van der Waals surface area contributed by atoms with Crippen LogP contribution >= 0.6 is 11.8 Å². The molecule has 0 fully saturated rings. The third-order valence-corrected chi connectivity index (χ3v) is 4.12. The molecule has 0 aliphatic carbocycles. The molecule has 0 aliphatic rings. The topological polar surface area (TPSA) is 80.4 Å². The van der Waals surface area contributed by atoms with Crippen LogP contribution in [0.3, 0.4) is 0 Å². The maximum Gasteiger partial charge on any atom is 0.328 e. The van der Waals surface area contributed by atoms with Gasteiger partial charge in [-0.1, -0.05) is 5.16 Å². The molecule has 0 unspecified atom stereocenters. The number of ketones is 1. The molecule has 0 atom stereocenters.